The Morgan fingerprint density at radius 2 is 1.96 bits per heavy atom. The van der Waals surface area contributed by atoms with E-state index in [1.165, 1.54) is 0 Å². The summed E-state index contributed by atoms with van der Waals surface area (Å²) in [5.41, 5.74) is 2.22. The third-order valence-electron chi connectivity index (χ3n) is 3.99. The number of benzene rings is 2. The average molecular weight is 371 g/mol. The van der Waals surface area contributed by atoms with Crippen LogP contribution in [0.4, 0.5) is 0 Å². The molecule has 0 unspecified atom stereocenters. The van der Waals surface area contributed by atoms with Gasteiger partial charge in [-0.3, -0.25) is 4.79 Å². The van der Waals surface area contributed by atoms with Gasteiger partial charge in [0.05, 0.1) is 12.1 Å². The van der Waals surface area contributed by atoms with Crippen molar-refractivity contribution in [1.82, 2.24) is 10.5 Å². The van der Waals surface area contributed by atoms with Gasteiger partial charge in [-0.1, -0.05) is 35.0 Å². The smallest absolute Gasteiger partial charge is 0.231 e. The molecule has 0 atom stereocenters. The van der Waals surface area contributed by atoms with E-state index in [0.717, 1.165) is 11.1 Å². The molecule has 1 amide bonds. The van der Waals surface area contributed by atoms with Crippen LogP contribution >= 0.6 is 11.6 Å². The number of carbonyl (C=O) groups is 1. The van der Waals surface area contributed by atoms with Gasteiger partial charge in [0, 0.05) is 23.2 Å². The Morgan fingerprint density at radius 1 is 1.12 bits per heavy atom. The summed E-state index contributed by atoms with van der Waals surface area (Å²) in [4.78, 5) is 12.1. The second kappa shape index (κ2) is 7.09. The normalized spacial score (nSPS) is 12.2. The fourth-order valence-corrected chi connectivity index (χ4v) is 2.85. The summed E-state index contributed by atoms with van der Waals surface area (Å²) in [7, 11) is 0. The van der Waals surface area contributed by atoms with Crippen LogP contribution in [0.15, 0.2) is 53.1 Å². The maximum atomic E-state index is 12.1. The van der Waals surface area contributed by atoms with Crippen LogP contribution in [0.1, 0.15) is 11.3 Å². The zero-order valence-corrected chi connectivity index (χ0v) is 14.5. The van der Waals surface area contributed by atoms with E-state index >= 15 is 0 Å². The lowest BCUT2D eigenvalue weighted by atomic mass is 10.1. The van der Waals surface area contributed by atoms with Crippen molar-refractivity contribution in [2.45, 2.75) is 13.0 Å². The number of ether oxygens (including phenoxy) is 2. The third kappa shape index (κ3) is 3.50. The molecular weight excluding hydrogens is 356 g/mol. The first-order valence-electron chi connectivity index (χ1n) is 8.05. The first-order chi connectivity index (χ1) is 12.7. The van der Waals surface area contributed by atoms with Gasteiger partial charge in [0.2, 0.25) is 12.7 Å². The van der Waals surface area contributed by atoms with Gasteiger partial charge in [0.25, 0.3) is 0 Å². The van der Waals surface area contributed by atoms with Crippen LogP contribution in [0.2, 0.25) is 5.02 Å². The Bertz CT molecular complexity index is 954. The Hall–Kier alpha value is -2.99. The summed E-state index contributed by atoms with van der Waals surface area (Å²) in [6, 6.07) is 14.6. The lowest BCUT2D eigenvalue weighted by molar-refractivity contribution is -0.120. The topological polar surface area (TPSA) is 73.6 Å². The number of carbonyl (C=O) groups excluding carboxylic acids is 1. The molecule has 0 spiro atoms. The van der Waals surface area contributed by atoms with Crippen molar-refractivity contribution in [3.8, 4) is 22.8 Å². The zero-order chi connectivity index (χ0) is 17.9. The minimum atomic E-state index is -0.157. The van der Waals surface area contributed by atoms with Crippen molar-refractivity contribution in [3.05, 3.63) is 64.8 Å². The summed E-state index contributed by atoms with van der Waals surface area (Å²) in [5, 5.41) is 7.42. The number of amides is 1. The van der Waals surface area contributed by atoms with Crippen LogP contribution in [0, 0.1) is 0 Å². The molecule has 6 nitrogen and oxygen atoms in total. The van der Waals surface area contributed by atoms with Crippen LogP contribution < -0.4 is 14.8 Å². The minimum Gasteiger partial charge on any atom is -0.454 e. The molecule has 2 aromatic carbocycles. The molecule has 2 heterocycles. The van der Waals surface area contributed by atoms with Crippen molar-refractivity contribution in [1.29, 1.82) is 0 Å². The molecule has 3 aromatic rings. The Kier molecular flexibility index (Phi) is 4.50. The predicted octanol–water partition coefficient (Wildman–Crippen LogP) is 3.58. The quantitative estimate of drug-likeness (QED) is 0.743. The Labute approximate surface area is 154 Å². The van der Waals surface area contributed by atoms with E-state index in [0.29, 0.717) is 34.5 Å². The van der Waals surface area contributed by atoms with Gasteiger partial charge in [-0.15, -0.1) is 0 Å². The molecule has 1 N–H and O–H groups in total. The number of halogens is 1. The summed E-state index contributed by atoms with van der Waals surface area (Å²) in [5.74, 6) is 1.78. The fourth-order valence-electron chi connectivity index (χ4n) is 2.64. The van der Waals surface area contributed by atoms with Gasteiger partial charge in [0.15, 0.2) is 17.3 Å². The Balaban J connectivity index is 1.39. The highest BCUT2D eigenvalue weighted by atomic mass is 35.5. The molecule has 26 heavy (non-hydrogen) atoms. The Morgan fingerprint density at radius 3 is 2.85 bits per heavy atom. The summed E-state index contributed by atoms with van der Waals surface area (Å²) in [6.45, 7) is 0.581. The lowest BCUT2D eigenvalue weighted by Gasteiger charge is -2.05. The first kappa shape index (κ1) is 16.5. The number of nitrogens with one attached hydrogen (secondary N) is 1. The van der Waals surface area contributed by atoms with Gasteiger partial charge < -0.3 is 19.3 Å². The van der Waals surface area contributed by atoms with E-state index in [1.54, 1.807) is 12.1 Å². The van der Waals surface area contributed by atoms with E-state index in [2.05, 4.69) is 10.5 Å². The highest BCUT2D eigenvalue weighted by Crippen LogP contribution is 2.36. The number of hydrogen-bond donors (Lipinski definition) is 1. The number of aromatic nitrogens is 1. The molecule has 0 saturated carbocycles. The molecule has 0 radical (unpaired) electrons. The third-order valence-corrected chi connectivity index (χ3v) is 4.36. The lowest BCUT2D eigenvalue weighted by Crippen LogP contribution is -2.24. The largest absolute Gasteiger partial charge is 0.454 e. The molecule has 0 aliphatic carbocycles. The van der Waals surface area contributed by atoms with Gasteiger partial charge in [-0.2, -0.15) is 0 Å². The average Bonchev–Trinajstić information content (AvgIpc) is 3.29. The van der Waals surface area contributed by atoms with E-state index in [4.69, 9.17) is 25.6 Å². The highest BCUT2D eigenvalue weighted by Gasteiger charge is 2.16. The van der Waals surface area contributed by atoms with E-state index < -0.39 is 0 Å². The van der Waals surface area contributed by atoms with Gasteiger partial charge in [-0.05, 0) is 29.8 Å². The standard InChI is InChI=1S/C19H15ClN2O4/c20-15-4-2-1-3-13(15)10-21-19(23)9-14-8-17(26-22-14)12-5-6-16-18(7-12)25-11-24-16/h1-8H,9-11H2,(H,21,23). The maximum Gasteiger partial charge on any atom is 0.231 e. The molecule has 7 heteroatoms. The second-order valence-electron chi connectivity index (χ2n) is 5.80. The van der Waals surface area contributed by atoms with E-state index in [9.17, 15) is 4.79 Å². The second-order valence-corrected chi connectivity index (χ2v) is 6.20. The number of fused-ring (bicyclic) bond motifs is 1. The van der Waals surface area contributed by atoms with Gasteiger partial charge in [0.1, 0.15) is 0 Å². The van der Waals surface area contributed by atoms with Crippen molar-refractivity contribution in [2.24, 2.45) is 0 Å². The molecule has 132 valence electrons. The molecule has 0 saturated heterocycles. The van der Waals surface area contributed by atoms with Crippen LogP contribution in [0.3, 0.4) is 0 Å². The van der Waals surface area contributed by atoms with Crippen LogP contribution in [-0.4, -0.2) is 17.9 Å². The first-order valence-corrected chi connectivity index (χ1v) is 8.42. The fraction of sp³-hybridized carbons (Fsp3) is 0.158. The van der Waals surface area contributed by atoms with Crippen LogP contribution in [0.25, 0.3) is 11.3 Å². The van der Waals surface area contributed by atoms with Crippen molar-refractivity contribution in [3.63, 3.8) is 0 Å². The summed E-state index contributed by atoms with van der Waals surface area (Å²) < 4.78 is 16.0. The van der Waals surface area contributed by atoms with Crippen molar-refractivity contribution in [2.75, 3.05) is 6.79 Å². The molecule has 1 aromatic heterocycles. The molecule has 1 aliphatic rings. The van der Waals surface area contributed by atoms with Gasteiger partial charge >= 0.3 is 0 Å². The van der Waals surface area contributed by atoms with Crippen molar-refractivity contribution < 1.29 is 18.8 Å². The highest BCUT2D eigenvalue weighted by molar-refractivity contribution is 6.31. The van der Waals surface area contributed by atoms with Crippen LogP contribution in [0.5, 0.6) is 11.5 Å². The molecular formula is C19H15ClN2O4. The SMILES string of the molecule is O=C(Cc1cc(-c2ccc3c(c2)OCO3)on1)NCc1ccccc1Cl. The summed E-state index contributed by atoms with van der Waals surface area (Å²) in [6.07, 6.45) is 0.124. The van der Waals surface area contributed by atoms with Crippen molar-refractivity contribution >= 4 is 17.5 Å². The van der Waals surface area contributed by atoms with Gasteiger partial charge in [-0.25, -0.2) is 0 Å². The summed E-state index contributed by atoms with van der Waals surface area (Å²) >= 11 is 6.08. The monoisotopic (exact) mass is 370 g/mol. The molecule has 4 rings (SSSR count). The minimum absolute atomic E-state index is 0.124. The number of hydrogen-bond acceptors (Lipinski definition) is 5. The number of rotatable bonds is 5. The van der Waals surface area contributed by atoms with Crippen LogP contribution in [-0.2, 0) is 17.8 Å². The molecule has 0 bridgehead atoms. The zero-order valence-electron chi connectivity index (χ0n) is 13.7. The number of nitrogens with zero attached hydrogens (tertiary/aromatic N) is 1. The van der Waals surface area contributed by atoms with E-state index in [-0.39, 0.29) is 19.1 Å². The predicted molar refractivity (Wildman–Crippen MR) is 95.1 cm³/mol. The van der Waals surface area contributed by atoms with E-state index in [1.807, 2.05) is 36.4 Å². The molecule has 1 aliphatic heterocycles. The molecule has 0 fully saturated rings. The maximum absolute atomic E-state index is 12.1.